The number of unbranched alkanes of at least 4 members (excludes halogenated alkanes) is 37. The van der Waals surface area contributed by atoms with E-state index in [-0.39, 0.29) is 12.5 Å². The van der Waals surface area contributed by atoms with Crippen molar-refractivity contribution in [2.75, 3.05) is 13.2 Å². The van der Waals surface area contributed by atoms with Gasteiger partial charge in [0.1, 0.15) is 24.4 Å². The lowest BCUT2D eigenvalue weighted by Crippen LogP contribution is -2.60. The van der Waals surface area contributed by atoms with Gasteiger partial charge in [0.25, 0.3) is 0 Å². The summed E-state index contributed by atoms with van der Waals surface area (Å²) in [5.41, 5.74) is 0. The molecule has 9 nitrogen and oxygen atoms in total. The number of hydrogen-bond donors (Lipinski definition) is 6. The molecule has 62 heavy (non-hydrogen) atoms. The summed E-state index contributed by atoms with van der Waals surface area (Å²) in [5.74, 6) is -0.140. The van der Waals surface area contributed by atoms with Crippen LogP contribution in [0.15, 0.2) is 0 Å². The number of rotatable bonds is 47. The number of carbonyl (C=O) groups excluding carboxylic acids is 1. The van der Waals surface area contributed by atoms with Gasteiger partial charge in [0.2, 0.25) is 5.91 Å². The first-order valence-electron chi connectivity index (χ1n) is 27.2. The third-order valence-corrected chi connectivity index (χ3v) is 13.5. The first kappa shape index (κ1) is 59.2. The van der Waals surface area contributed by atoms with Gasteiger partial charge in [0, 0.05) is 6.42 Å². The number of nitrogens with one attached hydrogen (secondary N) is 1. The fourth-order valence-corrected chi connectivity index (χ4v) is 9.11. The third kappa shape index (κ3) is 33.6. The Labute approximate surface area is 383 Å². The smallest absolute Gasteiger partial charge is 0.220 e. The first-order chi connectivity index (χ1) is 30.3. The van der Waals surface area contributed by atoms with Crippen molar-refractivity contribution in [2.45, 2.75) is 320 Å². The van der Waals surface area contributed by atoms with Crippen molar-refractivity contribution in [2.24, 2.45) is 0 Å². The minimum Gasteiger partial charge on any atom is -0.394 e. The van der Waals surface area contributed by atoms with Gasteiger partial charge >= 0.3 is 0 Å². The predicted octanol–water partition coefficient (Wildman–Crippen LogP) is 12.7. The second-order valence-electron chi connectivity index (χ2n) is 19.4. The van der Waals surface area contributed by atoms with Crippen LogP contribution < -0.4 is 5.32 Å². The molecule has 0 radical (unpaired) electrons. The van der Waals surface area contributed by atoms with Crippen molar-refractivity contribution in [1.82, 2.24) is 5.32 Å². The van der Waals surface area contributed by atoms with E-state index in [0.717, 1.165) is 38.5 Å². The predicted molar refractivity (Wildman–Crippen MR) is 258 cm³/mol. The maximum absolute atomic E-state index is 13.0. The van der Waals surface area contributed by atoms with Gasteiger partial charge in [-0.3, -0.25) is 4.79 Å². The summed E-state index contributed by atoms with van der Waals surface area (Å²) in [6, 6.07) is -0.711. The molecule has 1 heterocycles. The van der Waals surface area contributed by atoms with Crippen LogP contribution in [0, 0.1) is 0 Å². The van der Waals surface area contributed by atoms with Gasteiger partial charge in [-0.05, 0) is 12.8 Å². The van der Waals surface area contributed by atoms with E-state index >= 15 is 0 Å². The third-order valence-electron chi connectivity index (χ3n) is 13.5. The molecule has 0 saturated carbocycles. The molecule has 2 unspecified atom stereocenters. The molecule has 1 aliphatic rings. The molecule has 1 amide bonds. The molecular formula is C53H105NO8. The van der Waals surface area contributed by atoms with Crippen LogP contribution in [0.4, 0.5) is 0 Å². The molecule has 6 N–H and O–H groups in total. The largest absolute Gasteiger partial charge is 0.394 e. The average Bonchev–Trinajstić information content (AvgIpc) is 3.27. The van der Waals surface area contributed by atoms with E-state index in [9.17, 15) is 30.3 Å². The number of carbonyl (C=O) groups is 1. The van der Waals surface area contributed by atoms with Crippen molar-refractivity contribution in [3.05, 3.63) is 0 Å². The van der Waals surface area contributed by atoms with E-state index in [4.69, 9.17) is 9.47 Å². The lowest BCUT2D eigenvalue weighted by molar-refractivity contribution is -0.302. The molecule has 1 rings (SSSR count). The average molecular weight is 884 g/mol. The quantitative estimate of drug-likeness (QED) is 0.0331. The monoisotopic (exact) mass is 884 g/mol. The summed E-state index contributed by atoms with van der Waals surface area (Å²) in [6.45, 7) is 3.84. The molecule has 1 saturated heterocycles. The molecule has 9 heteroatoms. The summed E-state index contributed by atoms with van der Waals surface area (Å²) >= 11 is 0. The van der Waals surface area contributed by atoms with Gasteiger partial charge in [-0.25, -0.2) is 0 Å². The maximum Gasteiger partial charge on any atom is 0.220 e. The fraction of sp³-hybridized carbons (Fsp3) is 0.981. The van der Waals surface area contributed by atoms with E-state index in [2.05, 4.69) is 19.2 Å². The van der Waals surface area contributed by atoms with Gasteiger partial charge in [0.05, 0.1) is 25.4 Å². The lowest BCUT2D eigenvalue weighted by atomic mass is 9.99. The fourth-order valence-electron chi connectivity index (χ4n) is 9.11. The molecule has 0 bridgehead atoms. The molecule has 0 aromatic carbocycles. The lowest BCUT2D eigenvalue weighted by Gasteiger charge is -2.40. The number of hydrogen-bond acceptors (Lipinski definition) is 8. The molecule has 370 valence electrons. The Hall–Kier alpha value is -0.810. The van der Waals surface area contributed by atoms with Crippen LogP contribution in [0.3, 0.4) is 0 Å². The Morgan fingerprint density at radius 3 is 1.15 bits per heavy atom. The van der Waals surface area contributed by atoms with E-state index in [1.165, 1.54) is 212 Å². The van der Waals surface area contributed by atoms with E-state index < -0.39 is 49.5 Å². The highest BCUT2D eigenvalue weighted by Crippen LogP contribution is 2.23. The van der Waals surface area contributed by atoms with Crippen molar-refractivity contribution in [1.29, 1.82) is 0 Å². The van der Waals surface area contributed by atoms with E-state index in [1.807, 2.05) is 0 Å². The molecule has 0 aromatic rings. The van der Waals surface area contributed by atoms with Crippen LogP contribution in [0.2, 0.25) is 0 Å². The number of aliphatic hydroxyl groups excluding tert-OH is 5. The number of ether oxygens (including phenoxy) is 2. The zero-order valence-corrected chi connectivity index (χ0v) is 40.9. The summed E-state index contributed by atoms with van der Waals surface area (Å²) in [4.78, 5) is 13.0. The van der Waals surface area contributed by atoms with Gasteiger partial charge in [-0.2, -0.15) is 0 Å². The van der Waals surface area contributed by atoms with Crippen molar-refractivity contribution in [3.8, 4) is 0 Å². The van der Waals surface area contributed by atoms with Crippen molar-refractivity contribution < 1.29 is 39.8 Å². The molecule has 0 spiro atoms. The van der Waals surface area contributed by atoms with Crippen molar-refractivity contribution in [3.63, 3.8) is 0 Å². The minimum atomic E-state index is -1.55. The van der Waals surface area contributed by atoms with Gasteiger partial charge in [-0.15, -0.1) is 0 Å². The molecule has 1 fully saturated rings. The molecule has 7 atom stereocenters. The van der Waals surface area contributed by atoms with Crippen LogP contribution in [0.25, 0.3) is 0 Å². The standard InChI is InChI=1S/C53H105NO8/c1-3-5-7-9-11-13-14-15-16-17-18-19-20-21-22-23-24-25-26-27-28-29-30-31-32-33-35-37-39-41-43-49(57)54-46(47(56)42-40-38-36-34-12-10-8-6-4-2)45-61-53-52(60)51(59)50(58)48(44-55)62-53/h46-48,50-53,55-56,58-60H,3-45H2,1-2H3,(H,54,57)/t46-,47+,48+,50-,51?,52?,53+/m0/s1. The SMILES string of the molecule is CCCCCCCCCCCCCCCCCCCCCCCCCCCCCCCCC(=O)N[C@@H](CO[C@@H]1O[C@H](CO)[C@H](O)C(O)C1O)[C@H](O)CCCCCCCCCCC. The molecule has 0 aliphatic carbocycles. The second kappa shape index (κ2) is 44.0. The maximum atomic E-state index is 13.0. The van der Waals surface area contributed by atoms with Crippen LogP contribution in [-0.2, 0) is 14.3 Å². The second-order valence-corrected chi connectivity index (χ2v) is 19.4. The summed E-state index contributed by atoms with van der Waals surface area (Å²) in [7, 11) is 0. The molecule has 1 aliphatic heterocycles. The number of amides is 1. The van der Waals surface area contributed by atoms with E-state index in [1.54, 1.807) is 0 Å². The highest BCUT2D eigenvalue weighted by molar-refractivity contribution is 5.76. The van der Waals surface area contributed by atoms with Gasteiger partial charge in [-0.1, -0.05) is 258 Å². The van der Waals surface area contributed by atoms with Crippen LogP contribution in [0.5, 0.6) is 0 Å². The number of aliphatic hydroxyl groups is 5. The zero-order chi connectivity index (χ0) is 45.1. The Kier molecular flexibility index (Phi) is 42.1. The normalized spacial score (nSPS) is 20.1. The first-order valence-corrected chi connectivity index (χ1v) is 27.2. The Bertz CT molecular complexity index is 939. The van der Waals surface area contributed by atoms with Crippen LogP contribution >= 0.6 is 0 Å². The van der Waals surface area contributed by atoms with Gasteiger partial charge < -0.3 is 40.3 Å². The highest BCUT2D eigenvalue weighted by atomic mass is 16.7. The Morgan fingerprint density at radius 2 is 0.806 bits per heavy atom. The summed E-state index contributed by atoms with van der Waals surface area (Å²) < 4.78 is 11.3. The molecule has 0 aromatic heterocycles. The van der Waals surface area contributed by atoms with Gasteiger partial charge in [0.15, 0.2) is 6.29 Å². The Balaban J connectivity index is 2.06. The Morgan fingerprint density at radius 1 is 0.484 bits per heavy atom. The molecular weight excluding hydrogens is 779 g/mol. The van der Waals surface area contributed by atoms with Crippen molar-refractivity contribution >= 4 is 5.91 Å². The summed E-state index contributed by atoms with van der Waals surface area (Å²) in [5, 5.41) is 54.3. The van der Waals surface area contributed by atoms with Crippen LogP contribution in [-0.4, -0.2) is 87.5 Å². The van der Waals surface area contributed by atoms with Crippen LogP contribution in [0.1, 0.15) is 277 Å². The zero-order valence-electron chi connectivity index (χ0n) is 40.9. The highest BCUT2D eigenvalue weighted by Gasteiger charge is 2.44. The van der Waals surface area contributed by atoms with E-state index in [0.29, 0.717) is 12.8 Å². The topological polar surface area (TPSA) is 149 Å². The minimum absolute atomic E-state index is 0.132. The summed E-state index contributed by atoms with van der Waals surface area (Å²) in [6.07, 6.45) is 44.5.